The minimum atomic E-state index is -0.232. The molecule has 0 atom stereocenters. The summed E-state index contributed by atoms with van der Waals surface area (Å²) in [6.45, 7) is 0. The van der Waals surface area contributed by atoms with E-state index in [1.807, 2.05) is 0 Å². The van der Waals surface area contributed by atoms with Crippen molar-refractivity contribution in [2.45, 2.75) is 11.5 Å². The first kappa shape index (κ1) is 10.5. The fourth-order valence-electron chi connectivity index (χ4n) is 1.56. The summed E-state index contributed by atoms with van der Waals surface area (Å²) in [5, 5.41) is 0.267. The molecule has 2 aromatic heterocycles. The highest BCUT2D eigenvalue weighted by Crippen LogP contribution is 2.35. The Kier molecular flexibility index (Phi) is 2.61. The van der Waals surface area contributed by atoms with Crippen LogP contribution in [0.1, 0.15) is 11.3 Å². The molecule has 2 aromatic rings. The van der Waals surface area contributed by atoms with E-state index >= 15 is 0 Å². The largest absolute Gasteiger partial charge is 0.231 e. The van der Waals surface area contributed by atoms with Gasteiger partial charge in [-0.1, -0.05) is 11.6 Å². The molecule has 3 heterocycles. The summed E-state index contributed by atoms with van der Waals surface area (Å²) in [5.74, 6) is 2.26. The average molecular weight is 273 g/mol. The highest BCUT2D eigenvalue weighted by Gasteiger charge is 2.19. The molecule has 3 rings (SSSR count). The predicted octanol–water partition coefficient (Wildman–Crippen LogP) is 3.74. The lowest BCUT2D eigenvalue weighted by molar-refractivity contribution is 0.657. The van der Waals surface area contributed by atoms with E-state index in [9.17, 15) is 4.39 Å². The fourth-order valence-corrected chi connectivity index (χ4v) is 3.60. The van der Waals surface area contributed by atoms with Crippen LogP contribution < -0.4 is 0 Å². The van der Waals surface area contributed by atoms with E-state index in [1.165, 1.54) is 6.07 Å². The van der Waals surface area contributed by atoms with Crippen molar-refractivity contribution in [2.75, 3.05) is 0 Å². The molecule has 0 aliphatic carbocycles. The van der Waals surface area contributed by atoms with Gasteiger partial charge in [-0.25, -0.2) is 9.97 Å². The minimum absolute atomic E-state index is 0.232. The van der Waals surface area contributed by atoms with Crippen LogP contribution in [0.4, 0.5) is 4.39 Å². The van der Waals surface area contributed by atoms with Crippen molar-refractivity contribution in [3.63, 3.8) is 0 Å². The molecule has 0 aromatic carbocycles. The Bertz CT molecular complexity index is 556. The molecule has 1 aliphatic heterocycles. The zero-order valence-electron chi connectivity index (χ0n) is 8.04. The highest BCUT2D eigenvalue weighted by molar-refractivity contribution is 7.98. The molecular formula is C10H6ClFN2S2. The molecule has 0 N–H and O–H groups in total. The van der Waals surface area contributed by atoms with Gasteiger partial charge in [0.25, 0.3) is 0 Å². The summed E-state index contributed by atoms with van der Waals surface area (Å²) >= 11 is 8.88. The normalized spacial score (nSPS) is 14.1. The van der Waals surface area contributed by atoms with E-state index in [0.29, 0.717) is 11.0 Å². The van der Waals surface area contributed by atoms with E-state index in [4.69, 9.17) is 11.6 Å². The molecule has 1 aliphatic rings. The standard InChI is InChI=1S/C10H6ClFN2S2/c11-9-5-3-15-4-6(5)13-10(14-9)7-1-2-8(12)16-7/h1-2H,3-4H2. The van der Waals surface area contributed by atoms with Crippen LogP contribution >= 0.6 is 34.7 Å². The Morgan fingerprint density at radius 3 is 2.88 bits per heavy atom. The van der Waals surface area contributed by atoms with Crippen molar-refractivity contribution in [2.24, 2.45) is 0 Å². The smallest absolute Gasteiger partial charge is 0.177 e. The van der Waals surface area contributed by atoms with Crippen LogP contribution in [0.3, 0.4) is 0 Å². The lowest BCUT2D eigenvalue weighted by atomic mass is 10.3. The third-order valence-electron chi connectivity index (χ3n) is 2.32. The Hall–Kier alpha value is -0.650. The maximum Gasteiger partial charge on any atom is 0.177 e. The second kappa shape index (κ2) is 3.98. The van der Waals surface area contributed by atoms with Crippen LogP contribution in [-0.4, -0.2) is 9.97 Å². The first-order chi connectivity index (χ1) is 7.74. The summed E-state index contributed by atoms with van der Waals surface area (Å²) in [4.78, 5) is 9.36. The van der Waals surface area contributed by atoms with E-state index in [-0.39, 0.29) is 5.13 Å². The number of fused-ring (bicyclic) bond motifs is 1. The zero-order valence-corrected chi connectivity index (χ0v) is 10.4. The number of halogens is 2. The van der Waals surface area contributed by atoms with Gasteiger partial charge in [0.1, 0.15) is 5.15 Å². The summed E-state index contributed by atoms with van der Waals surface area (Å²) in [5.41, 5.74) is 2.00. The minimum Gasteiger partial charge on any atom is -0.231 e. The number of thiophene rings is 1. The molecule has 16 heavy (non-hydrogen) atoms. The summed E-state index contributed by atoms with van der Waals surface area (Å²) in [6, 6.07) is 3.10. The molecular weight excluding hydrogens is 267 g/mol. The van der Waals surface area contributed by atoms with Gasteiger partial charge in [0.15, 0.2) is 11.0 Å². The first-order valence-corrected chi connectivity index (χ1v) is 6.97. The second-order valence-corrected chi connectivity index (χ2v) is 5.74. The molecule has 0 saturated carbocycles. The third kappa shape index (κ3) is 1.73. The average Bonchev–Trinajstić information content (AvgIpc) is 2.85. The van der Waals surface area contributed by atoms with Gasteiger partial charge in [-0.05, 0) is 12.1 Å². The Labute approximate surface area is 105 Å². The quantitative estimate of drug-likeness (QED) is 0.740. The molecule has 82 valence electrons. The van der Waals surface area contributed by atoms with Crippen LogP contribution in [0.5, 0.6) is 0 Å². The van der Waals surface area contributed by atoms with Gasteiger partial charge in [-0.3, -0.25) is 0 Å². The number of nitrogens with zero attached hydrogens (tertiary/aromatic N) is 2. The topological polar surface area (TPSA) is 25.8 Å². The molecule has 0 spiro atoms. The Balaban J connectivity index is 2.12. The van der Waals surface area contributed by atoms with Crippen LogP contribution in [0.2, 0.25) is 5.15 Å². The van der Waals surface area contributed by atoms with E-state index in [1.54, 1.807) is 17.8 Å². The van der Waals surface area contributed by atoms with Crippen molar-refractivity contribution in [1.29, 1.82) is 0 Å². The molecule has 2 nitrogen and oxygen atoms in total. The molecule has 0 fully saturated rings. The molecule has 0 saturated heterocycles. The number of hydrogen-bond acceptors (Lipinski definition) is 4. The van der Waals surface area contributed by atoms with Gasteiger partial charge >= 0.3 is 0 Å². The van der Waals surface area contributed by atoms with E-state index < -0.39 is 0 Å². The van der Waals surface area contributed by atoms with Gasteiger partial charge in [0.2, 0.25) is 0 Å². The summed E-state index contributed by atoms with van der Waals surface area (Å²) in [6.07, 6.45) is 0. The maximum absolute atomic E-state index is 12.9. The predicted molar refractivity (Wildman–Crippen MR) is 65.3 cm³/mol. The number of aromatic nitrogens is 2. The summed E-state index contributed by atoms with van der Waals surface area (Å²) in [7, 11) is 0. The first-order valence-electron chi connectivity index (χ1n) is 4.63. The van der Waals surface area contributed by atoms with Crippen LogP contribution in [0.15, 0.2) is 12.1 Å². The van der Waals surface area contributed by atoms with Crippen molar-refractivity contribution in [3.8, 4) is 10.7 Å². The van der Waals surface area contributed by atoms with Gasteiger partial charge in [-0.15, -0.1) is 11.3 Å². The van der Waals surface area contributed by atoms with Crippen molar-refractivity contribution < 1.29 is 4.39 Å². The van der Waals surface area contributed by atoms with Crippen LogP contribution in [0, 0.1) is 5.13 Å². The second-order valence-electron chi connectivity index (χ2n) is 3.36. The molecule has 0 unspecified atom stereocenters. The van der Waals surface area contributed by atoms with Gasteiger partial charge < -0.3 is 0 Å². The number of thioether (sulfide) groups is 1. The van der Waals surface area contributed by atoms with E-state index in [2.05, 4.69) is 9.97 Å². The molecule has 6 heteroatoms. The fraction of sp³-hybridized carbons (Fsp3) is 0.200. The van der Waals surface area contributed by atoms with E-state index in [0.717, 1.165) is 39.0 Å². The van der Waals surface area contributed by atoms with Crippen molar-refractivity contribution >= 4 is 34.7 Å². The highest BCUT2D eigenvalue weighted by atomic mass is 35.5. The number of rotatable bonds is 1. The number of hydrogen-bond donors (Lipinski definition) is 0. The Morgan fingerprint density at radius 2 is 2.12 bits per heavy atom. The van der Waals surface area contributed by atoms with Crippen molar-refractivity contribution in [3.05, 3.63) is 33.7 Å². The lowest BCUT2D eigenvalue weighted by Gasteiger charge is -2.02. The molecule has 0 bridgehead atoms. The lowest BCUT2D eigenvalue weighted by Crippen LogP contribution is -1.96. The van der Waals surface area contributed by atoms with Crippen molar-refractivity contribution in [1.82, 2.24) is 9.97 Å². The molecule has 0 radical (unpaired) electrons. The molecule has 0 amide bonds. The third-order valence-corrected chi connectivity index (χ3v) is 4.47. The SMILES string of the molecule is Fc1ccc(-c2nc(Cl)c3c(n2)CSC3)s1. The maximum atomic E-state index is 12.9. The summed E-state index contributed by atoms with van der Waals surface area (Å²) < 4.78 is 12.9. The van der Waals surface area contributed by atoms with Gasteiger partial charge in [0, 0.05) is 17.1 Å². The van der Waals surface area contributed by atoms with Gasteiger partial charge in [0.05, 0.1) is 10.6 Å². The van der Waals surface area contributed by atoms with Crippen LogP contribution in [0.25, 0.3) is 10.7 Å². The monoisotopic (exact) mass is 272 g/mol. The van der Waals surface area contributed by atoms with Crippen LogP contribution in [-0.2, 0) is 11.5 Å². The van der Waals surface area contributed by atoms with Gasteiger partial charge in [-0.2, -0.15) is 16.2 Å². The Morgan fingerprint density at radius 1 is 1.25 bits per heavy atom. The zero-order chi connectivity index (χ0) is 11.1.